The molecule has 1 saturated carbocycles. The molecule has 1 fully saturated rings. The van der Waals surface area contributed by atoms with E-state index in [0.717, 1.165) is 50.0 Å². The number of para-hydroxylation sites is 2. The maximum atomic E-state index is 12.3. The summed E-state index contributed by atoms with van der Waals surface area (Å²) in [7, 11) is 2.00. The van der Waals surface area contributed by atoms with Crippen molar-refractivity contribution in [1.29, 1.82) is 0 Å². The molecule has 0 atom stereocenters. The highest BCUT2D eigenvalue weighted by atomic mass is 16.3. The molecule has 0 spiro atoms. The van der Waals surface area contributed by atoms with Gasteiger partial charge in [0.15, 0.2) is 0 Å². The van der Waals surface area contributed by atoms with E-state index in [1.165, 1.54) is 0 Å². The third kappa shape index (κ3) is 4.21. The number of aliphatic hydroxyl groups is 1. The van der Waals surface area contributed by atoms with E-state index in [0.29, 0.717) is 0 Å². The summed E-state index contributed by atoms with van der Waals surface area (Å²) >= 11 is 0. The van der Waals surface area contributed by atoms with Crippen LogP contribution in [-0.2, 0) is 4.79 Å². The van der Waals surface area contributed by atoms with E-state index >= 15 is 0 Å². The van der Waals surface area contributed by atoms with Crippen LogP contribution in [0.25, 0.3) is 0 Å². The first kappa shape index (κ1) is 15.8. The lowest BCUT2D eigenvalue weighted by Crippen LogP contribution is -2.36. The van der Waals surface area contributed by atoms with Gasteiger partial charge in [-0.15, -0.1) is 0 Å². The van der Waals surface area contributed by atoms with Gasteiger partial charge in [0.25, 0.3) is 0 Å². The van der Waals surface area contributed by atoms with Crippen molar-refractivity contribution in [3.63, 3.8) is 0 Å². The molecule has 21 heavy (non-hydrogen) atoms. The van der Waals surface area contributed by atoms with Crippen molar-refractivity contribution >= 4 is 17.3 Å². The fourth-order valence-electron chi connectivity index (χ4n) is 2.96. The van der Waals surface area contributed by atoms with Crippen LogP contribution in [0.1, 0.15) is 45.4 Å². The second-order valence-electron chi connectivity index (χ2n) is 6.04. The Balaban J connectivity index is 2.02. The van der Waals surface area contributed by atoms with Gasteiger partial charge in [0.05, 0.1) is 23.4 Å². The number of nitrogens with zero attached hydrogens (tertiary/aromatic N) is 1. The first-order valence-electron chi connectivity index (χ1n) is 7.86. The lowest BCUT2D eigenvalue weighted by atomic mass is 9.82. The Bertz CT molecular complexity index is 481. The van der Waals surface area contributed by atoms with Crippen molar-refractivity contribution in [2.24, 2.45) is 0 Å². The predicted octanol–water partition coefficient (Wildman–Crippen LogP) is 3.17. The number of hydrogen-bond donors (Lipinski definition) is 2. The summed E-state index contributed by atoms with van der Waals surface area (Å²) in [5.41, 5.74) is 1.00. The van der Waals surface area contributed by atoms with Gasteiger partial charge in [0.1, 0.15) is 0 Å². The Kier molecular flexibility index (Phi) is 5.23. The van der Waals surface area contributed by atoms with Gasteiger partial charge >= 0.3 is 0 Å². The normalized spacial score (nSPS) is 17.3. The average Bonchev–Trinajstić information content (AvgIpc) is 2.47. The molecule has 0 aliphatic heterocycles. The Hall–Kier alpha value is -1.55. The zero-order valence-electron chi connectivity index (χ0n) is 13.1. The molecule has 0 saturated heterocycles. The lowest BCUT2D eigenvalue weighted by Gasteiger charge is -2.31. The first-order valence-corrected chi connectivity index (χ1v) is 7.86. The number of amides is 1. The maximum absolute atomic E-state index is 12.3. The summed E-state index contributed by atoms with van der Waals surface area (Å²) in [6.45, 7) is 2.94. The number of nitrogens with one attached hydrogen (secondary N) is 1. The van der Waals surface area contributed by atoms with Crippen LogP contribution in [0, 0.1) is 0 Å². The standard InChI is InChI=1S/C17H26N2O2/c1-3-19(2)15-10-6-5-9-14(15)18-16(20)13-17(21)11-7-4-8-12-17/h5-6,9-10,21H,3-4,7-8,11-13H2,1-2H3,(H,18,20). The molecule has 0 unspecified atom stereocenters. The summed E-state index contributed by atoms with van der Waals surface area (Å²) in [4.78, 5) is 14.3. The summed E-state index contributed by atoms with van der Waals surface area (Å²) in [5, 5.41) is 13.4. The molecule has 1 aromatic rings. The average molecular weight is 290 g/mol. The number of hydrogen-bond acceptors (Lipinski definition) is 3. The van der Waals surface area contributed by atoms with Crippen LogP contribution in [-0.4, -0.2) is 30.2 Å². The molecule has 0 heterocycles. The van der Waals surface area contributed by atoms with Gasteiger partial charge in [0, 0.05) is 13.6 Å². The van der Waals surface area contributed by atoms with Crippen molar-refractivity contribution in [2.75, 3.05) is 23.8 Å². The van der Waals surface area contributed by atoms with Crippen molar-refractivity contribution < 1.29 is 9.90 Å². The molecule has 0 aromatic heterocycles. The van der Waals surface area contributed by atoms with Crippen LogP contribution >= 0.6 is 0 Å². The molecule has 116 valence electrons. The first-order chi connectivity index (χ1) is 10.0. The van der Waals surface area contributed by atoms with Crippen LogP contribution in [0.2, 0.25) is 0 Å². The van der Waals surface area contributed by atoms with Gasteiger partial charge in [-0.05, 0) is 31.9 Å². The summed E-state index contributed by atoms with van der Waals surface area (Å²) in [5.74, 6) is -0.101. The number of benzene rings is 1. The second-order valence-corrected chi connectivity index (χ2v) is 6.04. The molecular formula is C17H26N2O2. The van der Waals surface area contributed by atoms with Gasteiger partial charge in [-0.1, -0.05) is 31.4 Å². The molecule has 1 amide bonds. The fourth-order valence-corrected chi connectivity index (χ4v) is 2.96. The Morgan fingerprint density at radius 2 is 1.95 bits per heavy atom. The van der Waals surface area contributed by atoms with Crippen molar-refractivity contribution in [3.05, 3.63) is 24.3 Å². The second kappa shape index (κ2) is 6.94. The van der Waals surface area contributed by atoms with Crippen LogP contribution in [0.5, 0.6) is 0 Å². The van der Waals surface area contributed by atoms with E-state index in [-0.39, 0.29) is 12.3 Å². The minimum absolute atomic E-state index is 0.101. The molecule has 0 radical (unpaired) electrons. The van der Waals surface area contributed by atoms with E-state index < -0.39 is 5.60 Å². The lowest BCUT2D eigenvalue weighted by molar-refractivity contribution is -0.122. The number of carbonyl (C=O) groups is 1. The van der Waals surface area contributed by atoms with Gasteiger partial charge in [-0.2, -0.15) is 0 Å². The van der Waals surface area contributed by atoms with Crippen molar-refractivity contribution in [1.82, 2.24) is 0 Å². The highest BCUT2D eigenvalue weighted by molar-refractivity contribution is 5.94. The van der Waals surface area contributed by atoms with E-state index in [9.17, 15) is 9.90 Å². The number of carbonyl (C=O) groups excluding carboxylic acids is 1. The van der Waals surface area contributed by atoms with Crippen LogP contribution in [0.15, 0.2) is 24.3 Å². The quantitative estimate of drug-likeness (QED) is 0.876. The van der Waals surface area contributed by atoms with Gasteiger partial charge in [-0.25, -0.2) is 0 Å². The SMILES string of the molecule is CCN(C)c1ccccc1NC(=O)CC1(O)CCCCC1. The van der Waals surface area contributed by atoms with Crippen LogP contribution in [0.4, 0.5) is 11.4 Å². The van der Waals surface area contributed by atoms with E-state index in [1.807, 2.05) is 31.3 Å². The molecule has 1 aliphatic rings. The zero-order chi connectivity index (χ0) is 15.3. The zero-order valence-corrected chi connectivity index (χ0v) is 13.1. The Morgan fingerprint density at radius 3 is 2.62 bits per heavy atom. The largest absolute Gasteiger partial charge is 0.389 e. The van der Waals surface area contributed by atoms with Gasteiger partial charge in [0.2, 0.25) is 5.91 Å². The summed E-state index contributed by atoms with van der Waals surface area (Å²) in [6.07, 6.45) is 4.84. The van der Waals surface area contributed by atoms with Gasteiger partial charge < -0.3 is 15.3 Å². The third-order valence-corrected chi connectivity index (χ3v) is 4.34. The molecular weight excluding hydrogens is 264 g/mol. The molecule has 2 N–H and O–H groups in total. The van der Waals surface area contributed by atoms with Crippen molar-refractivity contribution in [2.45, 2.75) is 51.0 Å². The minimum Gasteiger partial charge on any atom is -0.389 e. The molecule has 4 nitrogen and oxygen atoms in total. The molecule has 1 aliphatic carbocycles. The van der Waals surface area contributed by atoms with E-state index in [2.05, 4.69) is 17.1 Å². The third-order valence-electron chi connectivity index (χ3n) is 4.34. The highest BCUT2D eigenvalue weighted by Gasteiger charge is 2.31. The Labute approximate surface area is 127 Å². The molecule has 2 rings (SSSR count). The minimum atomic E-state index is -0.812. The van der Waals surface area contributed by atoms with Crippen LogP contribution < -0.4 is 10.2 Å². The monoisotopic (exact) mass is 290 g/mol. The van der Waals surface area contributed by atoms with Crippen LogP contribution in [0.3, 0.4) is 0 Å². The number of rotatable bonds is 5. The van der Waals surface area contributed by atoms with E-state index in [1.54, 1.807) is 0 Å². The van der Waals surface area contributed by atoms with Gasteiger partial charge in [-0.3, -0.25) is 4.79 Å². The molecule has 4 heteroatoms. The maximum Gasteiger partial charge on any atom is 0.227 e. The van der Waals surface area contributed by atoms with Crippen molar-refractivity contribution in [3.8, 4) is 0 Å². The fraction of sp³-hybridized carbons (Fsp3) is 0.588. The summed E-state index contributed by atoms with van der Waals surface area (Å²) in [6, 6.07) is 7.78. The topological polar surface area (TPSA) is 52.6 Å². The molecule has 1 aromatic carbocycles. The predicted molar refractivity (Wildman–Crippen MR) is 86.7 cm³/mol. The smallest absolute Gasteiger partial charge is 0.227 e. The summed E-state index contributed by atoms with van der Waals surface area (Å²) < 4.78 is 0. The Morgan fingerprint density at radius 1 is 1.29 bits per heavy atom. The van der Waals surface area contributed by atoms with E-state index in [4.69, 9.17) is 0 Å². The highest BCUT2D eigenvalue weighted by Crippen LogP contribution is 2.32. The molecule has 0 bridgehead atoms. The number of anilines is 2.